The molecule has 2 aromatic rings. The number of aliphatic hydroxyl groups is 1. The summed E-state index contributed by atoms with van der Waals surface area (Å²) >= 11 is 0. The van der Waals surface area contributed by atoms with Crippen molar-refractivity contribution in [3.8, 4) is 0 Å². The molecule has 1 N–H and O–H groups in total. The number of benzene rings is 2. The fourth-order valence-electron chi connectivity index (χ4n) is 3.64. The number of carbonyl (C=O) groups is 1. The average Bonchev–Trinajstić information content (AvgIpc) is 2.59. The summed E-state index contributed by atoms with van der Waals surface area (Å²) in [4.78, 5) is 14.9. The van der Waals surface area contributed by atoms with E-state index < -0.39 is 5.60 Å². The SMILES string of the molecule is Cc1cccc(C(=O)N2CC[C@](C)(O)[C@H](Cc3ccccc3)C2)c1C. The van der Waals surface area contributed by atoms with Gasteiger partial charge in [-0.3, -0.25) is 4.79 Å². The largest absolute Gasteiger partial charge is 0.390 e. The van der Waals surface area contributed by atoms with Crippen LogP contribution in [-0.2, 0) is 6.42 Å². The van der Waals surface area contributed by atoms with E-state index in [2.05, 4.69) is 12.1 Å². The molecule has 1 amide bonds. The third-order valence-electron chi connectivity index (χ3n) is 5.66. The molecule has 0 spiro atoms. The number of aryl methyl sites for hydroxylation is 1. The normalized spacial score (nSPS) is 23.5. The zero-order chi connectivity index (χ0) is 18.0. The number of amides is 1. The van der Waals surface area contributed by atoms with Crippen LogP contribution in [0.15, 0.2) is 48.5 Å². The van der Waals surface area contributed by atoms with Crippen molar-refractivity contribution in [3.05, 3.63) is 70.8 Å². The molecule has 2 aromatic carbocycles. The first kappa shape index (κ1) is 17.7. The van der Waals surface area contributed by atoms with Gasteiger partial charge in [0.2, 0.25) is 0 Å². The minimum absolute atomic E-state index is 0.0396. The molecule has 0 saturated carbocycles. The standard InChI is InChI=1S/C22H27NO2/c1-16-8-7-11-20(17(16)2)21(24)23-13-12-22(3,25)19(15-23)14-18-9-5-4-6-10-18/h4-11,19,25H,12-15H2,1-3H3/t19-,22+/m1/s1. The number of rotatable bonds is 3. The number of hydrogen-bond donors (Lipinski definition) is 1. The van der Waals surface area contributed by atoms with Crippen LogP contribution in [0.25, 0.3) is 0 Å². The minimum Gasteiger partial charge on any atom is -0.390 e. The van der Waals surface area contributed by atoms with Crippen LogP contribution >= 0.6 is 0 Å². The molecule has 1 aliphatic rings. The first-order valence-electron chi connectivity index (χ1n) is 9.00. The second kappa shape index (κ2) is 7.01. The van der Waals surface area contributed by atoms with Crippen molar-refractivity contribution >= 4 is 5.91 Å². The van der Waals surface area contributed by atoms with Crippen LogP contribution in [0.1, 0.15) is 40.4 Å². The summed E-state index contributed by atoms with van der Waals surface area (Å²) in [7, 11) is 0. The fourth-order valence-corrected chi connectivity index (χ4v) is 3.64. The van der Waals surface area contributed by atoms with E-state index in [9.17, 15) is 9.90 Å². The van der Waals surface area contributed by atoms with E-state index in [0.29, 0.717) is 19.5 Å². The van der Waals surface area contributed by atoms with Gasteiger partial charge >= 0.3 is 0 Å². The Bertz CT molecular complexity index is 752. The molecule has 0 aliphatic carbocycles. The molecule has 1 aliphatic heterocycles. The number of hydrogen-bond acceptors (Lipinski definition) is 2. The van der Waals surface area contributed by atoms with Crippen LogP contribution < -0.4 is 0 Å². The van der Waals surface area contributed by atoms with Crippen LogP contribution in [-0.4, -0.2) is 34.6 Å². The molecule has 0 unspecified atom stereocenters. The Labute approximate surface area is 150 Å². The summed E-state index contributed by atoms with van der Waals surface area (Å²) in [5, 5.41) is 10.8. The van der Waals surface area contributed by atoms with Gasteiger partial charge in [0.25, 0.3) is 5.91 Å². The Kier molecular flexibility index (Phi) is 4.96. The molecule has 0 radical (unpaired) electrons. The van der Waals surface area contributed by atoms with Gasteiger partial charge < -0.3 is 10.0 Å². The van der Waals surface area contributed by atoms with Crippen molar-refractivity contribution in [2.75, 3.05) is 13.1 Å². The summed E-state index contributed by atoms with van der Waals surface area (Å²) in [5.74, 6) is 0.118. The Balaban J connectivity index is 1.80. The Morgan fingerprint density at radius 3 is 2.60 bits per heavy atom. The third kappa shape index (κ3) is 3.77. The van der Waals surface area contributed by atoms with Crippen molar-refractivity contribution in [2.24, 2.45) is 5.92 Å². The molecule has 3 heteroatoms. The number of nitrogens with zero attached hydrogens (tertiary/aromatic N) is 1. The molecule has 1 heterocycles. The van der Waals surface area contributed by atoms with E-state index in [0.717, 1.165) is 23.1 Å². The Morgan fingerprint density at radius 1 is 1.16 bits per heavy atom. The first-order chi connectivity index (χ1) is 11.9. The van der Waals surface area contributed by atoms with Gasteiger partial charge in [0.05, 0.1) is 5.60 Å². The molecule has 0 bridgehead atoms. The van der Waals surface area contributed by atoms with Gasteiger partial charge in [-0.25, -0.2) is 0 Å². The van der Waals surface area contributed by atoms with E-state index in [1.54, 1.807) is 0 Å². The topological polar surface area (TPSA) is 40.5 Å². The smallest absolute Gasteiger partial charge is 0.254 e. The summed E-state index contributed by atoms with van der Waals surface area (Å²) < 4.78 is 0. The molecular weight excluding hydrogens is 310 g/mol. The zero-order valence-corrected chi connectivity index (χ0v) is 15.3. The molecule has 3 rings (SSSR count). The first-order valence-corrected chi connectivity index (χ1v) is 9.00. The van der Waals surface area contributed by atoms with Gasteiger partial charge in [-0.1, -0.05) is 42.5 Å². The van der Waals surface area contributed by atoms with Gasteiger partial charge in [-0.2, -0.15) is 0 Å². The lowest BCUT2D eigenvalue weighted by molar-refractivity contribution is -0.0507. The average molecular weight is 337 g/mol. The van der Waals surface area contributed by atoms with Gasteiger partial charge in [-0.05, 0) is 56.4 Å². The summed E-state index contributed by atoms with van der Waals surface area (Å²) in [6.07, 6.45) is 1.39. The molecule has 25 heavy (non-hydrogen) atoms. The van der Waals surface area contributed by atoms with Gasteiger partial charge in [0.15, 0.2) is 0 Å². The molecule has 2 atom stereocenters. The number of likely N-dealkylation sites (tertiary alicyclic amines) is 1. The minimum atomic E-state index is -0.742. The number of carbonyl (C=O) groups excluding carboxylic acids is 1. The van der Waals surface area contributed by atoms with Gasteiger partial charge in [-0.15, -0.1) is 0 Å². The maximum atomic E-state index is 13.0. The van der Waals surface area contributed by atoms with Crippen molar-refractivity contribution in [1.29, 1.82) is 0 Å². The van der Waals surface area contributed by atoms with Crippen molar-refractivity contribution in [3.63, 3.8) is 0 Å². The van der Waals surface area contributed by atoms with Crippen LogP contribution in [0.5, 0.6) is 0 Å². The van der Waals surface area contributed by atoms with Crippen LogP contribution in [0, 0.1) is 19.8 Å². The number of piperidine rings is 1. The quantitative estimate of drug-likeness (QED) is 0.926. The molecular formula is C22H27NO2. The lowest BCUT2D eigenvalue weighted by atomic mass is 9.78. The molecule has 1 fully saturated rings. The molecule has 132 valence electrons. The summed E-state index contributed by atoms with van der Waals surface area (Å²) in [6.45, 7) is 7.13. The predicted molar refractivity (Wildman–Crippen MR) is 101 cm³/mol. The molecule has 0 aromatic heterocycles. The predicted octanol–water partition coefficient (Wildman–Crippen LogP) is 3.76. The van der Waals surface area contributed by atoms with Crippen molar-refractivity contribution in [1.82, 2.24) is 4.90 Å². The second-order valence-electron chi connectivity index (χ2n) is 7.49. The zero-order valence-electron chi connectivity index (χ0n) is 15.3. The Hall–Kier alpha value is -2.13. The van der Waals surface area contributed by atoms with Gasteiger partial charge in [0, 0.05) is 24.6 Å². The highest BCUT2D eigenvalue weighted by Gasteiger charge is 2.39. The highest BCUT2D eigenvalue weighted by Crippen LogP contribution is 2.31. The summed E-state index contributed by atoms with van der Waals surface area (Å²) in [5.41, 5.74) is 3.42. The van der Waals surface area contributed by atoms with E-state index >= 15 is 0 Å². The monoisotopic (exact) mass is 337 g/mol. The van der Waals surface area contributed by atoms with Crippen molar-refractivity contribution in [2.45, 2.75) is 39.2 Å². The maximum Gasteiger partial charge on any atom is 0.254 e. The molecule has 1 saturated heterocycles. The fraction of sp³-hybridized carbons (Fsp3) is 0.409. The van der Waals surface area contributed by atoms with Crippen LogP contribution in [0.4, 0.5) is 0 Å². The van der Waals surface area contributed by atoms with Crippen LogP contribution in [0.3, 0.4) is 0 Å². The highest BCUT2D eigenvalue weighted by atomic mass is 16.3. The van der Waals surface area contributed by atoms with Crippen molar-refractivity contribution < 1.29 is 9.90 Å². The Morgan fingerprint density at radius 2 is 1.88 bits per heavy atom. The van der Waals surface area contributed by atoms with E-state index in [1.165, 1.54) is 5.56 Å². The van der Waals surface area contributed by atoms with E-state index in [4.69, 9.17) is 0 Å². The highest BCUT2D eigenvalue weighted by molar-refractivity contribution is 5.96. The van der Waals surface area contributed by atoms with Gasteiger partial charge in [0.1, 0.15) is 0 Å². The lowest BCUT2D eigenvalue weighted by Crippen LogP contribution is -2.52. The van der Waals surface area contributed by atoms with E-state index in [-0.39, 0.29) is 11.8 Å². The summed E-state index contributed by atoms with van der Waals surface area (Å²) in [6, 6.07) is 16.1. The van der Waals surface area contributed by atoms with E-state index in [1.807, 2.05) is 62.1 Å². The maximum absolute atomic E-state index is 13.0. The third-order valence-corrected chi connectivity index (χ3v) is 5.66. The molecule has 3 nitrogen and oxygen atoms in total. The second-order valence-corrected chi connectivity index (χ2v) is 7.49. The van der Waals surface area contributed by atoms with Crippen LogP contribution in [0.2, 0.25) is 0 Å². The lowest BCUT2D eigenvalue weighted by Gasteiger charge is -2.43.